The van der Waals surface area contributed by atoms with Gasteiger partial charge in [0, 0.05) is 19.5 Å². The number of nitrogens with two attached hydrogens (primary N) is 1. The third-order valence-electron chi connectivity index (χ3n) is 2.43. The Labute approximate surface area is 86.6 Å². The highest BCUT2D eigenvalue weighted by Crippen LogP contribution is 2.13. The lowest BCUT2D eigenvalue weighted by Crippen LogP contribution is -2.67. The molecule has 0 saturated carbocycles. The molecule has 1 aliphatic heterocycles. The zero-order valence-electron chi connectivity index (χ0n) is 8.30. The van der Waals surface area contributed by atoms with E-state index in [-0.39, 0.29) is 12.5 Å². The zero-order valence-corrected chi connectivity index (χ0v) is 8.30. The third-order valence-corrected chi connectivity index (χ3v) is 2.43. The van der Waals surface area contributed by atoms with Crippen LogP contribution < -0.4 is 16.4 Å². The Kier molecular flexibility index (Phi) is 3.61. The molecule has 0 bridgehead atoms. The number of carboxylic acids is 1. The lowest BCUT2D eigenvalue weighted by Gasteiger charge is -2.37. The lowest BCUT2D eigenvalue weighted by atomic mass is 9.90. The van der Waals surface area contributed by atoms with E-state index in [2.05, 4.69) is 10.6 Å². The first-order chi connectivity index (χ1) is 6.93. The standard InChI is InChI=1S/C8H15N3O4/c1-3(12)11-7-6(13)5(9)4(2-10-7)8(14)15/h4-7,10,13H,2,9H2,1H3,(H,11,12)(H,14,15)/t4-,5+,6-,7-/m1/s1. The number of hydrogen-bond acceptors (Lipinski definition) is 5. The first kappa shape index (κ1) is 11.9. The molecule has 0 unspecified atom stereocenters. The second kappa shape index (κ2) is 4.56. The van der Waals surface area contributed by atoms with Gasteiger partial charge in [0.1, 0.15) is 12.3 Å². The van der Waals surface area contributed by atoms with E-state index < -0.39 is 30.2 Å². The van der Waals surface area contributed by atoms with E-state index in [0.29, 0.717) is 0 Å². The molecule has 0 aromatic carbocycles. The SMILES string of the molecule is CC(=O)N[C@H]1NC[C@@H](C(=O)O)[C@H](N)[C@H]1O. The van der Waals surface area contributed by atoms with Crippen LogP contribution in [0, 0.1) is 5.92 Å². The van der Waals surface area contributed by atoms with Crippen LogP contribution in [0.4, 0.5) is 0 Å². The molecule has 0 aromatic rings. The van der Waals surface area contributed by atoms with Crippen LogP contribution in [0.1, 0.15) is 6.92 Å². The van der Waals surface area contributed by atoms with Crippen molar-refractivity contribution < 1.29 is 19.8 Å². The van der Waals surface area contributed by atoms with Gasteiger partial charge in [-0.3, -0.25) is 14.9 Å². The van der Waals surface area contributed by atoms with Crippen molar-refractivity contribution in [3.8, 4) is 0 Å². The molecule has 0 spiro atoms. The minimum atomic E-state index is -1.11. The van der Waals surface area contributed by atoms with Crippen LogP contribution in [0.2, 0.25) is 0 Å². The number of carbonyl (C=O) groups is 2. The molecule has 86 valence electrons. The van der Waals surface area contributed by atoms with Crippen LogP contribution in [0.5, 0.6) is 0 Å². The number of hydrogen-bond donors (Lipinski definition) is 5. The fourth-order valence-corrected chi connectivity index (χ4v) is 1.58. The van der Waals surface area contributed by atoms with Gasteiger partial charge >= 0.3 is 5.97 Å². The van der Waals surface area contributed by atoms with Gasteiger partial charge in [0.15, 0.2) is 0 Å². The summed E-state index contributed by atoms with van der Waals surface area (Å²) in [5.74, 6) is -2.21. The highest BCUT2D eigenvalue weighted by molar-refractivity contribution is 5.74. The highest BCUT2D eigenvalue weighted by Gasteiger charge is 2.39. The van der Waals surface area contributed by atoms with Gasteiger partial charge in [0.05, 0.1) is 5.92 Å². The first-order valence-electron chi connectivity index (χ1n) is 4.60. The number of amides is 1. The molecule has 7 heteroatoms. The van der Waals surface area contributed by atoms with E-state index in [9.17, 15) is 14.7 Å². The van der Waals surface area contributed by atoms with Crippen LogP contribution in [0.25, 0.3) is 0 Å². The number of carbonyl (C=O) groups excluding carboxylic acids is 1. The lowest BCUT2D eigenvalue weighted by molar-refractivity contribution is -0.145. The average molecular weight is 217 g/mol. The van der Waals surface area contributed by atoms with E-state index in [1.807, 2.05) is 0 Å². The molecular weight excluding hydrogens is 202 g/mol. The predicted octanol–water partition coefficient (Wildman–Crippen LogP) is -2.56. The minimum absolute atomic E-state index is 0.124. The van der Waals surface area contributed by atoms with Crippen LogP contribution in [-0.4, -0.2) is 46.9 Å². The second-order valence-corrected chi connectivity index (χ2v) is 3.60. The molecule has 4 atom stereocenters. The minimum Gasteiger partial charge on any atom is -0.481 e. The molecule has 0 radical (unpaired) electrons. The number of aliphatic hydroxyl groups excluding tert-OH is 1. The molecule has 15 heavy (non-hydrogen) atoms. The molecule has 1 aliphatic rings. The normalized spacial score (nSPS) is 35.9. The summed E-state index contributed by atoms with van der Waals surface area (Å²) in [5.41, 5.74) is 5.57. The number of piperidine rings is 1. The van der Waals surface area contributed by atoms with Crippen LogP contribution in [0.3, 0.4) is 0 Å². The Morgan fingerprint density at radius 1 is 1.53 bits per heavy atom. The van der Waals surface area contributed by atoms with Gasteiger partial charge in [-0.2, -0.15) is 0 Å². The van der Waals surface area contributed by atoms with Crippen molar-refractivity contribution in [2.45, 2.75) is 25.2 Å². The molecule has 0 aliphatic carbocycles. The fourth-order valence-electron chi connectivity index (χ4n) is 1.58. The Balaban J connectivity index is 2.64. The van der Waals surface area contributed by atoms with Gasteiger partial charge in [-0.05, 0) is 0 Å². The Morgan fingerprint density at radius 3 is 2.60 bits per heavy atom. The Hall–Kier alpha value is -1.18. The zero-order chi connectivity index (χ0) is 11.6. The van der Waals surface area contributed by atoms with E-state index in [4.69, 9.17) is 10.8 Å². The van der Waals surface area contributed by atoms with Gasteiger partial charge in [0.2, 0.25) is 5.91 Å². The third kappa shape index (κ3) is 2.65. The van der Waals surface area contributed by atoms with Crippen molar-refractivity contribution in [3.63, 3.8) is 0 Å². The maximum absolute atomic E-state index is 10.8. The van der Waals surface area contributed by atoms with Crippen molar-refractivity contribution in [1.29, 1.82) is 0 Å². The van der Waals surface area contributed by atoms with Crippen molar-refractivity contribution in [3.05, 3.63) is 0 Å². The van der Waals surface area contributed by atoms with Crippen molar-refractivity contribution >= 4 is 11.9 Å². The molecule has 1 amide bonds. The van der Waals surface area contributed by atoms with Crippen LogP contribution >= 0.6 is 0 Å². The summed E-state index contributed by atoms with van der Waals surface area (Å²) in [6.45, 7) is 1.43. The van der Waals surface area contributed by atoms with Crippen molar-refractivity contribution in [2.24, 2.45) is 11.7 Å². The molecular formula is C8H15N3O4. The molecule has 0 aromatic heterocycles. The average Bonchev–Trinajstić information content (AvgIpc) is 2.12. The van der Waals surface area contributed by atoms with E-state index in [1.54, 1.807) is 0 Å². The summed E-state index contributed by atoms with van der Waals surface area (Å²) >= 11 is 0. The van der Waals surface area contributed by atoms with Gasteiger partial charge in [-0.15, -0.1) is 0 Å². The summed E-state index contributed by atoms with van der Waals surface area (Å²) in [4.78, 5) is 21.5. The van der Waals surface area contributed by atoms with Crippen molar-refractivity contribution in [2.75, 3.05) is 6.54 Å². The second-order valence-electron chi connectivity index (χ2n) is 3.60. The molecule has 1 heterocycles. The smallest absolute Gasteiger partial charge is 0.309 e. The number of carboxylic acid groups (broad SMARTS) is 1. The number of rotatable bonds is 2. The highest BCUT2D eigenvalue weighted by atomic mass is 16.4. The topological polar surface area (TPSA) is 125 Å². The molecule has 7 nitrogen and oxygen atoms in total. The maximum atomic E-state index is 10.8. The van der Waals surface area contributed by atoms with E-state index in [0.717, 1.165) is 0 Å². The largest absolute Gasteiger partial charge is 0.481 e. The number of nitrogens with one attached hydrogen (secondary N) is 2. The fraction of sp³-hybridized carbons (Fsp3) is 0.750. The first-order valence-corrected chi connectivity index (χ1v) is 4.60. The summed E-state index contributed by atoms with van der Waals surface area (Å²) in [6.07, 6.45) is -1.79. The van der Waals surface area contributed by atoms with Gasteiger partial charge in [-0.25, -0.2) is 0 Å². The van der Waals surface area contributed by atoms with E-state index >= 15 is 0 Å². The van der Waals surface area contributed by atoms with E-state index in [1.165, 1.54) is 6.92 Å². The van der Waals surface area contributed by atoms with Crippen molar-refractivity contribution in [1.82, 2.24) is 10.6 Å². The molecule has 6 N–H and O–H groups in total. The van der Waals surface area contributed by atoms with Gasteiger partial charge in [-0.1, -0.05) is 0 Å². The van der Waals surface area contributed by atoms with Crippen LogP contribution in [-0.2, 0) is 9.59 Å². The number of aliphatic carboxylic acids is 1. The summed E-state index contributed by atoms with van der Waals surface area (Å²) in [7, 11) is 0. The Bertz CT molecular complexity index is 269. The summed E-state index contributed by atoms with van der Waals surface area (Å²) < 4.78 is 0. The summed E-state index contributed by atoms with van der Waals surface area (Å²) in [5, 5.41) is 23.6. The molecule has 1 rings (SSSR count). The Morgan fingerprint density at radius 2 is 2.13 bits per heavy atom. The number of aliphatic hydroxyl groups is 1. The maximum Gasteiger partial charge on any atom is 0.309 e. The summed E-state index contributed by atoms with van der Waals surface area (Å²) in [6, 6.07) is -0.888. The quantitative estimate of drug-likeness (QED) is 0.346. The van der Waals surface area contributed by atoms with Gasteiger partial charge in [0.25, 0.3) is 0 Å². The predicted molar refractivity (Wildman–Crippen MR) is 50.7 cm³/mol. The molecule has 1 saturated heterocycles. The monoisotopic (exact) mass is 217 g/mol. The molecule has 1 fully saturated rings. The van der Waals surface area contributed by atoms with Gasteiger partial charge < -0.3 is 21.3 Å². The van der Waals surface area contributed by atoms with Crippen LogP contribution in [0.15, 0.2) is 0 Å².